The van der Waals surface area contributed by atoms with Gasteiger partial charge in [-0.15, -0.1) is 0 Å². The number of hydrogen-bond donors (Lipinski definition) is 0. The summed E-state index contributed by atoms with van der Waals surface area (Å²) in [4.78, 5) is 10.3. The Morgan fingerprint density at radius 1 is 1.54 bits per heavy atom. The molecular weight excluding hydrogens is 186 g/mol. The van der Waals surface area contributed by atoms with Crippen LogP contribution in [0.5, 0.6) is 0 Å². The van der Waals surface area contributed by atoms with Crippen LogP contribution in [0.4, 0.5) is 5.82 Å². The third-order valence-corrected chi connectivity index (χ3v) is 2.39. The van der Waals surface area contributed by atoms with Gasteiger partial charge in [-0.1, -0.05) is 11.6 Å². The first kappa shape index (κ1) is 8.75. The molecule has 0 spiro atoms. The predicted octanol–water partition coefficient (Wildman–Crippen LogP) is 1.98. The fourth-order valence-corrected chi connectivity index (χ4v) is 1.44. The summed E-state index contributed by atoms with van der Waals surface area (Å²) in [5.41, 5.74) is 0. The third-order valence-electron chi connectivity index (χ3n) is 2.21. The zero-order valence-electron chi connectivity index (χ0n) is 7.57. The van der Waals surface area contributed by atoms with Crippen molar-refractivity contribution in [2.45, 2.75) is 12.8 Å². The molecule has 1 aromatic rings. The summed E-state index contributed by atoms with van der Waals surface area (Å²) < 4.78 is 0. The van der Waals surface area contributed by atoms with Crippen LogP contribution >= 0.6 is 11.6 Å². The molecule has 0 saturated heterocycles. The van der Waals surface area contributed by atoms with Gasteiger partial charge in [0.15, 0.2) is 0 Å². The molecule has 0 aromatic carbocycles. The van der Waals surface area contributed by atoms with Crippen LogP contribution in [0.1, 0.15) is 12.8 Å². The summed E-state index contributed by atoms with van der Waals surface area (Å²) in [5, 5.41) is 0.458. The quantitative estimate of drug-likeness (QED) is 0.742. The standard InChI is InChI=1S/C9H12ClN3/c1-13(6-7-2-3-7)9-5-11-4-8(10)12-9/h4-5,7H,2-3,6H2,1H3. The van der Waals surface area contributed by atoms with Crippen molar-refractivity contribution in [2.24, 2.45) is 5.92 Å². The van der Waals surface area contributed by atoms with Crippen molar-refractivity contribution in [3.8, 4) is 0 Å². The van der Waals surface area contributed by atoms with Gasteiger partial charge >= 0.3 is 0 Å². The maximum Gasteiger partial charge on any atom is 0.149 e. The van der Waals surface area contributed by atoms with Gasteiger partial charge in [-0.05, 0) is 18.8 Å². The summed E-state index contributed by atoms with van der Waals surface area (Å²) in [5.74, 6) is 1.71. The molecule has 1 heterocycles. The molecule has 0 N–H and O–H groups in total. The van der Waals surface area contributed by atoms with Crippen molar-refractivity contribution in [1.29, 1.82) is 0 Å². The van der Waals surface area contributed by atoms with E-state index in [0.717, 1.165) is 18.3 Å². The molecule has 1 aliphatic carbocycles. The van der Waals surface area contributed by atoms with E-state index in [1.165, 1.54) is 12.8 Å². The van der Waals surface area contributed by atoms with Gasteiger partial charge in [-0.25, -0.2) is 4.98 Å². The Kier molecular flexibility index (Phi) is 2.36. The van der Waals surface area contributed by atoms with E-state index in [4.69, 9.17) is 11.6 Å². The molecule has 0 bridgehead atoms. The zero-order valence-corrected chi connectivity index (χ0v) is 8.33. The first-order valence-corrected chi connectivity index (χ1v) is 4.82. The minimum atomic E-state index is 0.458. The van der Waals surface area contributed by atoms with E-state index in [-0.39, 0.29) is 0 Å². The van der Waals surface area contributed by atoms with E-state index < -0.39 is 0 Å². The average molecular weight is 198 g/mol. The van der Waals surface area contributed by atoms with Crippen LogP contribution in [0.15, 0.2) is 12.4 Å². The van der Waals surface area contributed by atoms with E-state index in [1.807, 2.05) is 7.05 Å². The maximum absolute atomic E-state index is 5.74. The maximum atomic E-state index is 5.74. The van der Waals surface area contributed by atoms with E-state index in [2.05, 4.69) is 14.9 Å². The Bertz CT molecular complexity index is 299. The summed E-state index contributed by atoms with van der Waals surface area (Å²) >= 11 is 5.74. The number of hydrogen-bond acceptors (Lipinski definition) is 3. The molecule has 0 aliphatic heterocycles. The fraction of sp³-hybridized carbons (Fsp3) is 0.556. The highest BCUT2D eigenvalue weighted by atomic mass is 35.5. The zero-order chi connectivity index (χ0) is 9.26. The van der Waals surface area contributed by atoms with Crippen molar-refractivity contribution in [2.75, 3.05) is 18.5 Å². The highest BCUT2D eigenvalue weighted by Gasteiger charge is 2.23. The lowest BCUT2D eigenvalue weighted by Crippen LogP contribution is -2.21. The third kappa shape index (κ3) is 2.31. The second kappa shape index (κ2) is 3.50. The molecule has 1 saturated carbocycles. The number of halogens is 1. The first-order chi connectivity index (χ1) is 6.25. The normalized spacial score (nSPS) is 15.8. The van der Waals surface area contributed by atoms with Crippen LogP contribution in [0.25, 0.3) is 0 Å². The van der Waals surface area contributed by atoms with Gasteiger partial charge < -0.3 is 4.90 Å². The van der Waals surface area contributed by atoms with Gasteiger partial charge in [0.05, 0.1) is 12.4 Å². The number of rotatable bonds is 3. The van der Waals surface area contributed by atoms with E-state index in [1.54, 1.807) is 12.4 Å². The van der Waals surface area contributed by atoms with Gasteiger partial charge in [0, 0.05) is 13.6 Å². The Hall–Kier alpha value is -0.830. The van der Waals surface area contributed by atoms with Crippen LogP contribution < -0.4 is 4.90 Å². The van der Waals surface area contributed by atoms with Gasteiger partial charge in [-0.2, -0.15) is 0 Å². The van der Waals surface area contributed by atoms with E-state index in [9.17, 15) is 0 Å². The van der Waals surface area contributed by atoms with Gasteiger partial charge in [0.2, 0.25) is 0 Å². The molecule has 13 heavy (non-hydrogen) atoms. The van der Waals surface area contributed by atoms with Crippen LogP contribution in [-0.2, 0) is 0 Å². The second-order valence-electron chi connectivity index (χ2n) is 3.52. The summed E-state index contributed by atoms with van der Waals surface area (Å²) in [6.07, 6.45) is 5.99. The van der Waals surface area contributed by atoms with Crippen LogP contribution in [0.2, 0.25) is 5.15 Å². The molecular formula is C9H12ClN3. The molecule has 0 amide bonds. The predicted molar refractivity (Wildman–Crippen MR) is 53.0 cm³/mol. The largest absolute Gasteiger partial charge is 0.358 e. The number of anilines is 1. The minimum absolute atomic E-state index is 0.458. The number of nitrogens with zero attached hydrogens (tertiary/aromatic N) is 3. The summed E-state index contributed by atoms with van der Waals surface area (Å²) in [6.45, 7) is 1.06. The van der Waals surface area contributed by atoms with Crippen molar-refractivity contribution in [1.82, 2.24) is 9.97 Å². The Morgan fingerprint density at radius 2 is 2.31 bits per heavy atom. The molecule has 70 valence electrons. The van der Waals surface area contributed by atoms with E-state index in [0.29, 0.717) is 5.15 Å². The minimum Gasteiger partial charge on any atom is -0.358 e. The Balaban J connectivity index is 2.04. The molecule has 0 atom stereocenters. The molecule has 4 heteroatoms. The molecule has 2 rings (SSSR count). The average Bonchev–Trinajstić information content (AvgIpc) is 2.88. The molecule has 0 radical (unpaired) electrons. The highest BCUT2D eigenvalue weighted by Crippen LogP contribution is 2.30. The van der Waals surface area contributed by atoms with Crippen molar-refractivity contribution >= 4 is 17.4 Å². The molecule has 1 aromatic heterocycles. The smallest absolute Gasteiger partial charge is 0.149 e. The Labute approximate surface area is 82.8 Å². The highest BCUT2D eigenvalue weighted by molar-refractivity contribution is 6.29. The van der Waals surface area contributed by atoms with Crippen LogP contribution in [-0.4, -0.2) is 23.6 Å². The van der Waals surface area contributed by atoms with Gasteiger partial charge in [-0.3, -0.25) is 4.98 Å². The van der Waals surface area contributed by atoms with E-state index >= 15 is 0 Å². The van der Waals surface area contributed by atoms with Gasteiger partial charge in [0.1, 0.15) is 11.0 Å². The van der Waals surface area contributed by atoms with Crippen molar-refractivity contribution in [3.63, 3.8) is 0 Å². The lowest BCUT2D eigenvalue weighted by Gasteiger charge is -2.16. The number of aromatic nitrogens is 2. The lowest BCUT2D eigenvalue weighted by molar-refractivity contribution is 0.775. The second-order valence-corrected chi connectivity index (χ2v) is 3.91. The SMILES string of the molecule is CN(CC1CC1)c1cncc(Cl)n1. The lowest BCUT2D eigenvalue weighted by atomic mass is 10.4. The first-order valence-electron chi connectivity index (χ1n) is 4.44. The van der Waals surface area contributed by atoms with Crippen molar-refractivity contribution in [3.05, 3.63) is 17.5 Å². The fourth-order valence-electron chi connectivity index (χ4n) is 1.30. The molecule has 1 aliphatic rings. The van der Waals surface area contributed by atoms with Gasteiger partial charge in [0.25, 0.3) is 0 Å². The summed E-state index contributed by atoms with van der Waals surface area (Å²) in [6, 6.07) is 0. The molecule has 3 nitrogen and oxygen atoms in total. The Morgan fingerprint density at radius 3 is 2.92 bits per heavy atom. The summed E-state index contributed by atoms with van der Waals surface area (Å²) in [7, 11) is 2.03. The topological polar surface area (TPSA) is 29.0 Å². The van der Waals surface area contributed by atoms with Crippen LogP contribution in [0.3, 0.4) is 0 Å². The molecule has 1 fully saturated rings. The molecule has 0 unspecified atom stereocenters. The van der Waals surface area contributed by atoms with Crippen molar-refractivity contribution < 1.29 is 0 Å². The monoisotopic (exact) mass is 197 g/mol. The van der Waals surface area contributed by atoms with Crippen LogP contribution in [0, 0.1) is 5.92 Å².